The summed E-state index contributed by atoms with van der Waals surface area (Å²) in [4.78, 5) is 28.7. The highest BCUT2D eigenvalue weighted by molar-refractivity contribution is 8.24. The number of benzene rings is 1. The molecule has 10 heteroatoms. The molecule has 3 N–H and O–H groups in total. The smallest absolute Gasteiger partial charge is 0.303 e. The average Bonchev–Trinajstić information content (AvgIpc) is 3.22. The average molecular weight is 386 g/mol. The molecule has 140 valence electrons. The third-order valence-electron chi connectivity index (χ3n) is 5.03. The van der Waals surface area contributed by atoms with E-state index in [4.69, 9.17) is 0 Å². The fourth-order valence-corrected chi connectivity index (χ4v) is 5.14. The number of aromatic nitrogens is 6. The largest absolute Gasteiger partial charge is 0.327 e. The van der Waals surface area contributed by atoms with E-state index in [0.717, 1.165) is 11.0 Å². The number of imidazole rings is 2. The van der Waals surface area contributed by atoms with Gasteiger partial charge in [-0.1, -0.05) is 12.1 Å². The highest BCUT2D eigenvalue weighted by Crippen LogP contribution is 2.46. The first-order valence-electron chi connectivity index (χ1n) is 8.65. The van der Waals surface area contributed by atoms with Gasteiger partial charge in [-0.3, -0.25) is 18.2 Å². The summed E-state index contributed by atoms with van der Waals surface area (Å²) in [7, 11) is -2.51. The van der Waals surface area contributed by atoms with E-state index in [1.807, 2.05) is 24.3 Å². The first-order chi connectivity index (χ1) is 13.0. The summed E-state index contributed by atoms with van der Waals surface area (Å²) in [6, 6.07) is 7.57. The van der Waals surface area contributed by atoms with Crippen LogP contribution >= 0.6 is 10.6 Å². The van der Waals surface area contributed by atoms with Crippen LogP contribution in [0.15, 0.2) is 41.6 Å². The SMILES string of the molecule is O=c1[nH]c2cnc(-n3cnc4ccccc43)nc2n1C1CCS(O)(O)CC1. The molecule has 1 aliphatic rings. The van der Waals surface area contributed by atoms with E-state index in [-0.39, 0.29) is 11.7 Å². The zero-order valence-corrected chi connectivity index (χ0v) is 15.1. The van der Waals surface area contributed by atoms with Crippen molar-refractivity contribution in [1.29, 1.82) is 0 Å². The fraction of sp³-hybridized carbons (Fsp3) is 0.294. The lowest BCUT2D eigenvalue weighted by Crippen LogP contribution is -2.29. The number of para-hydroxylation sites is 2. The molecule has 0 aliphatic carbocycles. The predicted molar refractivity (Wildman–Crippen MR) is 104 cm³/mol. The van der Waals surface area contributed by atoms with Gasteiger partial charge >= 0.3 is 5.69 Å². The van der Waals surface area contributed by atoms with Crippen LogP contribution < -0.4 is 5.69 Å². The maximum Gasteiger partial charge on any atom is 0.327 e. The van der Waals surface area contributed by atoms with Gasteiger partial charge in [0, 0.05) is 17.5 Å². The van der Waals surface area contributed by atoms with Crippen molar-refractivity contribution in [3.8, 4) is 5.95 Å². The molecule has 9 nitrogen and oxygen atoms in total. The second-order valence-corrected chi connectivity index (χ2v) is 9.17. The Labute approximate surface area is 155 Å². The molecule has 1 aromatic carbocycles. The van der Waals surface area contributed by atoms with Crippen LogP contribution in [0.4, 0.5) is 0 Å². The van der Waals surface area contributed by atoms with Gasteiger partial charge in [-0.05, 0) is 25.0 Å². The Morgan fingerprint density at radius 2 is 1.93 bits per heavy atom. The summed E-state index contributed by atoms with van der Waals surface area (Å²) in [5.74, 6) is 1.05. The Balaban J connectivity index is 1.62. The molecule has 0 radical (unpaired) electrons. The van der Waals surface area contributed by atoms with Crippen LogP contribution in [0.5, 0.6) is 0 Å². The number of rotatable bonds is 2. The van der Waals surface area contributed by atoms with Gasteiger partial charge in [-0.25, -0.2) is 14.8 Å². The van der Waals surface area contributed by atoms with Gasteiger partial charge in [0.2, 0.25) is 5.95 Å². The number of H-pyrrole nitrogens is 1. The number of hydrogen-bond donors (Lipinski definition) is 3. The molecule has 27 heavy (non-hydrogen) atoms. The topological polar surface area (TPSA) is 122 Å². The molecule has 0 amide bonds. The molecule has 0 spiro atoms. The number of nitrogens with zero attached hydrogens (tertiary/aromatic N) is 5. The van der Waals surface area contributed by atoms with Gasteiger partial charge < -0.3 is 4.98 Å². The van der Waals surface area contributed by atoms with Gasteiger partial charge in [0.25, 0.3) is 0 Å². The number of nitrogens with one attached hydrogen (secondary N) is 1. The summed E-state index contributed by atoms with van der Waals surface area (Å²) in [6.07, 6.45) is 4.32. The second-order valence-electron chi connectivity index (χ2n) is 6.75. The monoisotopic (exact) mass is 386 g/mol. The molecule has 3 aromatic heterocycles. The second kappa shape index (κ2) is 5.91. The molecule has 1 saturated heterocycles. The third-order valence-corrected chi connectivity index (χ3v) is 6.81. The predicted octanol–water partition coefficient (Wildman–Crippen LogP) is 2.54. The number of fused-ring (bicyclic) bond motifs is 2. The van der Waals surface area contributed by atoms with E-state index in [9.17, 15) is 13.9 Å². The molecule has 5 rings (SSSR count). The lowest BCUT2D eigenvalue weighted by Gasteiger charge is -2.39. The maximum atomic E-state index is 12.5. The van der Waals surface area contributed by atoms with Crippen molar-refractivity contribution in [3.05, 3.63) is 47.3 Å². The van der Waals surface area contributed by atoms with Crippen LogP contribution in [0, 0.1) is 0 Å². The zero-order valence-electron chi connectivity index (χ0n) is 14.3. The zero-order chi connectivity index (χ0) is 18.6. The minimum Gasteiger partial charge on any atom is -0.303 e. The van der Waals surface area contributed by atoms with Crippen LogP contribution in [0.2, 0.25) is 0 Å². The van der Waals surface area contributed by atoms with E-state index >= 15 is 0 Å². The Morgan fingerprint density at radius 3 is 2.74 bits per heavy atom. The molecule has 0 bridgehead atoms. The van der Waals surface area contributed by atoms with Crippen molar-refractivity contribution in [3.63, 3.8) is 0 Å². The number of hydrogen-bond acceptors (Lipinski definition) is 6. The molecule has 4 aromatic rings. The summed E-state index contributed by atoms with van der Waals surface area (Å²) in [6.45, 7) is 0. The summed E-state index contributed by atoms with van der Waals surface area (Å²) in [5.41, 5.74) is 2.55. The van der Waals surface area contributed by atoms with E-state index in [2.05, 4.69) is 19.9 Å². The van der Waals surface area contributed by atoms with Crippen molar-refractivity contribution in [1.82, 2.24) is 29.1 Å². The van der Waals surface area contributed by atoms with Crippen LogP contribution in [-0.4, -0.2) is 49.7 Å². The van der Waals surface area contributed by atoms with Crippen molar-refractivity contribution in [2.24, 2.45) is 0 Å². The highest BCUT2D eigenvalue weighted by atomic mass is 32.3. The number of aromatic amines is 1. The van der Waals surface area contributed by atoms with Crippen molar-refractivity contribution >= 4 is 32.8 Å². The third kappa shape index (κ3) is 2.73. The summed E-state index contributed by atoms with van der Waals surface area (Å²) >= 11 is 0. The molecular formula is C17H18N6O3S. The van der Waals surface area contributed by atoms with Crippen molar-refractivity contribution in [2.45, 2.75) is 18.9 Å². The minimum atomic E-state index is -2.51. The first-order valence-corrected chi connectivity index (χ1v) is 10.5. The maximum absolute atomic E-state index is 12.5. The van der Waals surface area contributed by atoms with Crippen LogP contribution in [-0.2, 0) is 0 Å². The van der Waals surface area contributed by atoms with Crippen LogP contribution in [0.3, 0.4) is 0 Å². The molecule has 4 heterocycles. The first kappa shape index (κ1) is 16.5. The standard InChI is InChI=1S/C17H18N6O3S/c24-17-20-13-9-18-16(22-10-19-12-3-1-2-4-14(12)22)21-15(13)23(17)11-5-7-27(25,26)8-6-11/h1-4,9-11,25-26H,5-8H2,(H,20,24). The molecule has 0 unspecified atom stereocenters. The normalized spacial score (nSPS) is 18.9. The van der Waals surface area contributed by atoms with Gasteiger partial charge in [-0.15, -0.1) is 0 Å². The van der Waals surface area contributed by atoms with Gasteiger partial charge in [0.05, 0.1) is 17.2 Å². The summed E-state index contributed by atoms with van der Waals surface area (Å²) < 4.78 is 23.1. The minimum absolute atomic E-state index is 0.117. The lowest BCUT2D eigenvalue weighted by atomic mass is 10.1. The summed E-state index contributed by atoms with van der Waals surface area (Å²) in [5, 5.41) is 0. The Kier molecular flexibility index (Phi) is 3.61. The molecule has 0 saturated carbocycles. The van der Waals surface area contributed by atoms with Gasteiger partial charge in [-0.2, -0.15) is 15.6 Å². The fourth-order valence-electron chi connectivity index (χ4n) is 3.63. The Bertz CT molecular complexity index is 1200. The Morgan fingerprint density at radius 1 is 1.15 bits per heavy atom. The lowest BCUT2D eigenvalue weighted by molar-refractivity contribution is 0.410. The molecule has 1 aliphatic heterocycles. The molecular weight excluding hydrogens is 368 g/mol. The van der Waals surface area contributed by atoms with Gasteiger partial charge in [0.1, 0.15) is 11.8 Å². The van der Waals surface area contributed by atoms with Crippen LogP contribution in [0.25, 0.3) is 28.1 Å². The van der Waals surface area contributed by atoms with E-state index in [1.54, 1.807) is 21.7 Å². The van der Waals surface area contributed by atoms with E-state index < -0.39 is 10.6 Å². The highest BCUT2D eigenvalue weighted by Gasteiger charge is 2.28. The molecule has 1 fully saturated rings. The van der Waals surface area contributed by atoms with Gasteiger partial charge in [0.15, 0.2) is 5.65 Å². The van der Waals surface area contributed by atoms with E-state index in [1.165, 1.54) is 0 Å². The van der Waals surface area contributed by atoms with Crippen molar-refractivity contribution in [2.75, 3.05) is 11.5 Å². The Hall–Kier alpha value is -2.69. The molecule has 0 atom stereocenters. The van der Waals surface area contributed by atoms with E-state index in [0.29, 0.717) is 41.5 Å². The van der Waals surface area contributed by atoms with Crippen molar-refractivity contribution < 1.29 is 9.11 Å². The quantitative estimate of drug-likeness (QED) is 0.487. The van der Waals surface area contributed by atoms with Crippen LogP contribution in [0.1, 0.15) is 18.9 Å².